The van der Waals surface area contributed by atoms with E-state index >= 15 is 0 Å². The molecule has 1 aliphatic carbocycles. The van der Waals surface area contributed by atoms with Crippen molar-refractivity contribution in [1.82, 2.24) is 4.90 Å². The molecule has 0 spiro atoms. The predicted octanol–water partition coefficient (Wildman–Crippen LogP) is 2.12. The number of hydrogen-bond acceptors (Lipinski definition) is 2. The monoisotopic (exact) mass is 245 g/mol. The zero-order valence-corrected chi connectivity index (χ0v) is 10.5. The molecule has 3 rings (SSSR count). The molecule has 1 saturated heterocycles. The first-order chi connectivity index (χ1) is 8.81. The van der Waals surface area contributed by atoms with Crippen molar-refractivity contribution in [3.63, 3.8) is 0 Å². The van der Waals surface area contributed by atoms with Gasteiger partial charge in [0.25, 0.3) is 0 Å². The smallest absolute Gasteiger partial charge is 0.223 e. The molecule has 0 aromatic heterocycles. The second-order valence-corrected chi connectivity index (χ2v) is 5.37. The fraction of sp³-hybridized carbons (Fsp3) is 0.533. The van der Waals surface area contributed by atoms with Gasteiger partial charge in [-0.1, -0.05) is 36.8 Å². The first kappa shape index (κ1) is 11.7. The van der Waals surface area contributed by atoms with E-state index in [1.54, 1.807) is 0 Å². The van der Waals surface area contributed by atoms with Gasteiger partial charge in [0.05, 0.1) is 12.6 Å². The van der Waals surface area contributed by atoms with Crippen molar-refractivity contribution in [1.29, 1.82) is 0 Å². The third-order valence-corrected chi connectivity index (χ3v) is 4.39. The molecule has 0 bridgehead atoms. The molecule has 18 heavy (non-hydrogen) atoms. The highest BCUT2D eigenvalue weighted by Crippen LogP contribution is 2.42. The molecule has 1 N–H and O–H groups in total. The van der Waals surface area contributed by atoms with Crippen LogP contribution in [0.1, 0.15) is 37.3 Å². The molecule has 2 fully saturated rings. The van der Waals surface area contributed by atoms with Crippen LogP contribution in [0.15, 0.2) is 30.3 Å². The number of fused-ring (bicyclic) bond motifs is 1. The number of benzene rings is 1. The number of amides is 1. The van der Waals surface area contributed by atoms with Crippen LogP contribution >= 0.6 is 0 Å². The van der Waals surface area contributed by atoms with E-state index in [0.717, 1.165) is 12.0 Å². The van der Waals surface area contributed by atoms with Crippen LogP contribution in [0.25, 0.3) is 0 Å². The zero-order valence-electron chi connectivity index (χ0n) is 10.5. The van der Waals surface area contributed by atoms with E-state index in [1.165, 1.54) is 12.8 Å². The molecular weight excluding hydrogens is 226 g/mol. The molecule has 0 radical (unpaired) electrons. The second kappa shape index (κ2) is 4.73. The molecule has 1 aliphatic heterocycles. The summed E-state index contributed by atoms with van der Waals surface area (Å²) in [5.41, 5.74) is 1.04. The van der Waals surface area contributed by atoms with Crippen molar-refractivity contribution in [2.45, 2.75) is 37.8 Å². The van der Waals surface area contributed by atoms with Gasteiger partial charge >= 0.3 is 0 Å². The van der Waals surface area contributed by atoms with E-state index in [9.17, 15) is 9.90 Å². The van der Waals surface area contributed by atoms with Crippen molar-refractivity contribution in [2.24, 2.45) is 5.92 Å². The first-order valence-corrected chi connectivity index (χ1v) is 6.78. The van der Waals surface area contributed by atoms with Crippen LogP contribution in [0.3, 0.4) is 0 Å². The summed E-state index contributed by atoms with van der Waals surface area (Å²) in [5, 5.41) is 9.68. The van der Waals surface area contributed by atoms with Gasteiger partial charge in [-0.05, 0) is 24.3 Å². The summed E-state index contributed by atoms with van der Waals surface area (Å²) in [6.45, 7) is 0.0129. The Hall–Kier alpha value is -1.35. The summed E-state index contributed by atoms with van der Waals surface area (Å²) >= 11 is 0. The highest BCUT2D eigenvalue weighted by Gasteiger charge is 2.45. The lowest BCUT2D eigenvalue weighted by Gasteiger charge is -2.32. The average molecular weight is 245 g/mol. The molecule has 3 atom stereocenters. The Morgan fingerprint density at radius 3 is 2.78 bits per heavy atom. The standard InChI is InChI=1S/C15H19NO2/c17-10-14(11-5-2-1-3-6-11)16-13-8-4-7-12(13)9-15(16)18/h1-3,5-6,12-14,17H,4,7-10H2/t12-,13?,14+/m1/s1. The summed E-state index contributed by atoms with van der Waals surface area (Å²) in [6, 6.07) is 10.1. The van der Waals surface area contributed by atoms with Crippen molar-refractivity contribution < 1.29 is 9.90 Å². The number of aliphatic hydroxyl groups excluding tert-OH is 1. The molecule has 1 aromatic carbocycles. The number of rotatable bonds is 3. The Labute approximate surface area is 107 Å². The number of likely N-dealkylation sites (tertiary alicyclic amines) is 1. The molecule has 1 saturated carbocycles. The molecular formula is C15H19NO2. The Bertz CT molecular complexity index is 431. The van der Waals surface area contributed by atoms with Crippen molar-refractivity contribution in [2.75, 3.05) is 6.61 Å². The van der Waals surface area contributed by atoms with E-state index in [2.05, 4.69) is 0 Å². The maximum Gasteiger partial charge on any atom is 0.223 e. The van der Waals surface area contributed by atoms with Crippen LogP contribution in [0.2, 0.25) is 0 Å². The highest BCUT2D eigenvalue weighted by molar-refractivity contribution is 5.80. The van der Waals surface area contributed by atoms with Gasteiger partial charge in [0, 0.05) is 12.5 Å². The van der Waals surface area contributed by atoms with E-state index in [1.807, 2.05) is 35.2 Å². The van der Waals surface area contributed by atoms with Crippen molar-refractivity contribution >= 4 is 5.91 Å². The number of carbonyl (C=O) groups is 1. The molecule has 3 nitrogen and oxygen atoms in total. The normalized spacial score (nSPS) is 28.5. The summed E-state index contributed by atoms with van der Waals surface area (Å²) in [5.74, 6) is 0.739. The zero-order chi connectivity index (χ0) is 12.5. The van der Waals surface area contributed by atoms with Gasteiger partial charge in [-0.15, -0.1) is 0 Å². The van der Waals surface area contributed by atoms with Gasteiger partial charge in [-0.3, -0.25) is 4.79 Å². The minimum atomic E-state index is -0.160. The minimum absolute atomic E-state index is 0.0129. The van der Waals surface area contributed by atoms with Crippen LogP contribution in [-0.2, 0) is 4.79 Å². The quantitative estimate of drug-likeness (QED) is 0.886. The van der Waals surface area contributed by atoms with Crippen molar-refractivity contribution in [3.8, 4) is 0 Å². The van der Waals surface area contributed by atoms with Crippen LogP contribution in [0, 0.1) is 5.92 Å². The lowest BCUT2D eigenvalue weighted by molar-refractivity contribution is -0.132. The van der Waals surface area contributed by atoms with Gasteiger partial charge in [-0.2, -0.15) is 0 Å². The maximum absolute atomic E-state index is 12.2. The Morgan fingerprint density at radius 2 is 2.06 bits per heavy atom. The number of hydrogen-bond donors (Lipinski definition) is 1. The largest absolute Gasteiger partial charge is 0.394 e. The first-order valence-electron chi connectivity index (χ1n) is 6.78. The Morgan fingerprint density at radius 1 is 1.28 bits per heavy atom. The topological polar surface area (TPSA) is 40.5 Å². The Kier molecular flexibility index (Phi) is 3.08. The Balaban J connectivity index is 1.89. The van der Waals surface area contributed by atoms with Gasteiger partial charge in [0.15, 0.2) is 0 Å². The molecule has 2 aliphatic rings. The minimum Gasteiger partial charge on any atom is -0.394 e. The van der Waals surface area contributed by atoms with Gasteiger partial charge < -0.3 is 10.0 Å². The average Bonchev–Trinajstić information content (AvgIpc) is 2.94. The summed E-state index contributed by atoms with van der Waals surface area (Å²) in [6.07, 6.45) is 4.15. The van der Waals surface area contributed by atoms with Crippen LogP contribution in [0.5, 0.6) is 0 Å². The number of carbonyl (C=O) groups excluding carboxylic acids is 1. The SMILES string of the molecule is O=C1C[C@H]2CCCC2N1[C@@H](CO)c1ccccc1. The second-order valence-electron chi connectivity index (χ2n) is 5.37. The van der Waals surface area contributed by atoms with Crippen LogP contribution in [-0.4, -0.2) is 28.6 Å². The lowest BCUT2D eigenvalue weighted by atomic mass is 10.0. The molecule has 96 valence electrons. The molecule has 1 amide bonds. The van der Waals surface area contributed by atoms with Gasteiger partial charge in [-0.25, -0.2) is 0 Å². The van der Waals surface area contributed by atoms with E-state index in [0.29, 0.717) is 18.4 Å². The fourth-order valence-corrected chi connectivity index (χ4v) is 3.57. The lowest BCUT2D eigenvalue weighted by Crippen LogP contribution is -2.38. The predicted molar refractivity (Wildman–Crippen MR) is 68.9 cm³/mol. The van der Waals surface area contributed by atoms with Crippen LogP contribution < -0.4 is 0 Å². The third-order valence-electron chi connectivity index (χ3n) is 4.39. The molecule has 1 heterocycles. The van der Waals surface area contributed by atoms with Gasteiger partial charge in [0.2, 0.25) is 5.91 Å². The van der Waals surface area contributed by atoms with Gasteiger partial charge in [0.1, 0.15) is 0 Å². The van der Waals surface area contributed by atoms with Crippen LogP contribution in [0.4, 0.5) is 0 Å². The van der Waals surface area contributed by atoms with E-state index < -0.39 is 0 Å². The summed E-state index contributed by atoms with van der Waals surface area (Å²) in [4.78, 5) is 14.1. The number of aliphatic hydroxyl groups is 1. The highest BCUT2D eigenvalue weighted by atomic mass is 16.3. The molecule has 3 heteroatoms. The third kappa shape index (κ3) is 1.83. The summed E-state index contributed by atoms with van der Waals surface area (Å²) in [7, 11) is 0. The number of nitrogens with zero attached hydrogens (tertiary/aromatic N) is 1. The fourth-order valence-electron chi connectivity index (χ4n) is 3.57. The summed E-state index contributed by atoms with van der Waals surface area (Å²) < 4.78 is 0. The van der Waals surface area contributed by atoms with Crippen molar-refractivity contribution in [3.05, 3.63) is 35.9 Å². The molecule has 1 aromatic rings. The van der Waals surface area contributed by atoms with E-state index in [-0.39, 0.29) is 18.6 Å². The molecule has 1 unspecified atom stereocenters. The maximum atomic E-state index is 12.2. The van der Waals surface area contributed by atoms with E-state index in [4.69, 9.17) is 0 Å².